The average molecular weight is 358 g/mol. The summed E-state index contributed by atoms with van der Waals surface area (Å²) in [4.78, 5) is 17.6. The monoisotopic (exact) mass is 358 g/mol. The van der Waals surface area contributed by atoms with Crippen LogP contribution >= 0.6 is 0 Å². The summed E-state index contributed by atoms with van der Waals surface area (Å²) in [5.41, 5.74) is 4.84. The second kappa shape index (κ2) is 7.91. The number of nitrogens with zero attached hydrogens (tertiary/aromatic N) is 1. The molecule has 1 fully saturated rings. The Morgan fingerprint density at radius 2 is 1.78 bits per heavy atom. The van der Waals surface area contributed by atoms with Crippen molar-refractivity contribution < 1.29 is 4.79 Å². The number of amides is 1. The molecule has 0 saturated heterocycles. The van der Waals surface area contributed by atoms with Crippen molar-refractivity contribution in [2.24, 2.45) is 0 Å². The molecule has 1 N–H and O–H groups in total. The number of carbonyl (C=O) groups excluding carboxylic acids is 1. The van der Waals surface area contributed by atoms with Gasteiger partial charge in [-0.05, 0) is 49.4 Å². The molecule has 0 unspecified atom stereocenters. The Labute approximate surface area is 160 Å². The first-order chi connectivity index (χ1) is 13.2. The molecule has 1 saturated carbocycles. The van der Waals surface area contributed by atoms with Crippen molar-refractivity contribution in [2.75, 3.05) is 5.32 Å². The van der Waals surface area contributed by atoms with E-state index in [1.807, 2.05) is 42.5 Å². The minimum Gasteiger partial charge on any atom is -0.320 e. The first kappa shape index (κ1) is 17.7. The third-order valence-corrected chi connectivity index (χ3v) is 5.63. The van der Waals surface area contributed by atoms with Gasteiger partial charge in [-0.3, -0.25) is 9.78 Å². The van der Waals surface area contributed by atoms with Crippen LogP contribution < -0.4 is 5.32 Å². The lowest BCUT2D eigenvalue weighted by atomic mass is 9.87. The molecule has 1 heterocycles. The fourth-order valence-electron chi connectivity index (χ4n) is 4.21. The second-order valence-electron chi connectivity index (χ2n) is 7.61. The van der Waals surface area contributed by atoms with Gasteiger partial charge >= 0.3 is 0 Å². The lowest BCUT2D eigenvalue weighted by Gasteiger charge is -2.19. The Morgan fingerprint density at radius 1 is 1.00 bits per heavy atom. The smallest absolute Gasteiger partial charge is 0.256 e. The predicted octanol–water partition coefficient (Wildman–Crippen LogP) is 6.23. The van der Waals surface area contributed by atoms with Crippen LogP contribution in [-0.4, -0.2) is 10.9 Å². The predicted molar refractivity (Wildman–Crippen MR) is 111 cm³/mol. The topological polar surface area (TPSA) is 42.0 Å². The number of aromatic nitrogens is 1. The normalized spacial score (nSPS) is 15.4. The number of nitrogens with one attached hydrogen (secondary N) is 1. The van der Waals surface area contributed by atoms with Gasteiger partial charge in [-0.1, -0.05) is 61.6 Å². The van der Waals surface area contributed by atoms with Gasteiger partial charge in [-0.2, -0.15) is 0 Å². The summed E-state index contributed by atoms with van der Waals surface area (Å²) >= 11 is 0. The number of rotatable bonds is 3. The maximum absolute atomic E-state index is 13.2. The first-order valence-corrected chi connectivity index (χ1v) is 9.98. The molecule has 0 atom stereocenters. The number of aryl methyl sites for hydroxylation is 1. The highest BCUT2D eigenvalue weighted by molar-refractivity contribution is 6.09. The van der Waals surface area contributed by atoms with E-state index in [1.165, 1.54) is 49.7 Å². The van der Waals surface area contributed by atoms with Gasteiger partial charge in [0.2, 0.25) is 0 Å². The van der Waals surface area contributed by atoms with Crippen LogP contribution in [0.1, 0.15) is 65.9 Å². The minimum absolute atomic E-state index is 0.0348. The summed E-state index contributed by atoms with van der Waals surface area (Å²) in [7, 11) is 0. The molecule has 1 amide bonds. The van der Waals surface area contributed by atoms with Gasteiger partial charge < -0.3 is 5.32 Å². The number of para-hydroxylation sites is 1. The number of carbonyl (C=O) groups is 1. The molecule has 2 aromatic carbocycles. The van der Waals surface area contributed by atoms with Crippen LogP contribution in [0.5, 0.6) is 0 Å². The van der Waals surface area contributed by atoms with Crippen molar-refractivity contribution in [3.05, 3.63) is 71.4 Å². The Bertz CT molecular complexity index is 950. The van der Waals surface area contributed by atoms with Crippen LogP contribution in [0.4, 0.5) is 5.69 Å². The number of fused-ring (bicyclic) bond motifs is 1. The van der Waals surface area contributed by atoms with Crippen molar-refractivity contribution >= 4 is 22.5 Å². The highest BCUT2D eigenvalue weighted by atomic mass is 16.1. The fourth-order valence-corrected chi connectivity index (χ4v) is 4.21. The van der Waals surface area contributed by atoms with Crippen LogP contribution in [0.25, 0.3) is 10.9 Å². The summed E-state index contributed by atoms with van der Waals surface area (Å²) in [5, 5.41) is 4.15. The van der Waals surface area contributed by atoms with E-state index < -0.39 is 0 Å². The van der Waals surface area contributed by atoms with Gasteiger partial charge in [0.25, 0.3) is 5.91 Å². The summed E-state index contributed by atoms with van der Waals surface area (Å²) in [6.07, 6.45) is 9.26. The van der Waals surface area contributed by atoms with Crippen molar-refractivity contribution in [2.45, 2.75) is 51.4 Å². The first-order valence-electron chi connectivity index (χ1n) is 9.98. The highest BCUT2D eigenvalue weighted by Crippen LogP contribution is 2.34. The molecule has 0 aliphatic heterocycles. The standard InChI is InChI=1S/C24H26N2O/c1-17-13-14-20(21(16-17)18-8-4-2-3-5-9-18)24(27)26-22-12-6-10-19-11-7-15-25-23(19)22/h6-7,10-16,18H,2-5,8-9H2,1H3,(H,26,27). The molecule has 3 nitrogen and oxygen atoms in total. The van der Waals surface area contributed by atoms with Gasteiger partial charge in [0.15, 0.2) is 0 Å². The fraction of sp³-hybridized carbons (Fsp3) is 0.333. The third kappa shape index (κ3) is 3.87. The van der Waals surface area contributed by atoms with Gasteiger partial charge in [-0.25, -0.2) is 0 Å². The van der Waals surface area contributed by atoms with E-state index in [2.05, 4.69) is 23.3 Å². The molecule has 1 aromatic heterocycles. The molecule has 1 aliphatic rings. The van der Waals surface area contributed by atoms with E-state index in [1.54, 1.807) is 6.20 Å². The molecule has 0 radical (unpaired) electrons. The lowest BCUT2D eigenvalue weighted by molar-refractivity contribution is 0.102. The molecule has 27 heavy (non-hydrogen) atoms. The van der Waals surface area contributed by atoms with E-state index in [9.17, 15) is 4.79 Å². The van der Waals surface area contributed by atoms with Gasteiger partial charge in [0, 0.05) is 17.1 Å². The quantitative estimate of drug-likeness (QED) is 0.564. The summed E-state index contributed by atoms with van der Waals surface area (Å²) < 4.78 is 0. The molecule has 4 rings (SSSR count). The van der Waals surface area contributed by atoms with Crippen molar-refractivity contribution in [1.29, 1.82) is 0 Å². The Kier molecular flexibility index (Phi) is 5.19. The molecule has 3 heteroatoms. The maximum atomic E-state index is 13.2. The molecule has 138 valence electrons. The molecule has 0 bridgehead atoms. The number of anilines is 1. The lowest BCUT2D eigenvalue weighted by Crippen LogP contribution is -2.16. The molecule has 0 spiro atoms. The zero-order valence-electron chi connectivity index (χ0n) is 15.9. The summed E-state index contributed by atoms with van der Waals surface area (Å²) in [5.74, 6) is 0.450. The Hall–Kier alpha value is -2.68. The zero-order chi connectivity index (χ0) is 18.6. The number of hydrogen-bond acceptors (Lipinski definition) is 2. The maximum Gasteiger partial charge on any atom is 0.256 e. The molecular weight excluding hydrogens is 332 g/mol. The number of pyridine rings is 1. The average Bonchev–Trinajstić information content (AvgIpc) is 2.97. The zero-order valence-corrected chi connectivity index (χ0v) is 15.9. The van der Waals surface area contributed by atoms with Crippen LogP contribution in [0, 0.1) is 6.92 Å². The van der Waals surface area contributed by atoms with Gasteiger partial charge in [0.05, 0.1) is 11.2 Å². The summed E-state index contributed by atoms with van der Waals surface area (Å²) in [6.45, 7) is 2.11. The highest BCUT2D eigenvalue weighted by Gasteiger charge is 2.21. The Morgan fingerprint density at radius 3 is 2.59 bits per heavy atom. The van der Waals surface area contributed by atoms with E-state index in [0.29, 0.717) is 5.92 Å². The molecule has 1 aliphatic carbocycles. The van der Waals surface area contributed by atoms with Crippen LogP contribution in [0.2, 0.25) is 0 Å². The number of benzene rings is 2. The van der Waals surface area contributed by atoms with Gasteiger partial charge in [0.1, 0.15) is 0 Å². The second-order valence-corrected chi connectivity index (χ2v) is 7.61. The summed E-state index contributed by atoms with van der Waals surface area (Å²) in [6, 6.07) is 16.1. The SMILES string of the molecule is Cc1ccc(C(=O)Nc2cccc3cccnc23)c(C2CCCCCC2)c1. The van der Waals surface area contributed by atoms with E-state index in [4.69, 9.17) is 0 Å². The van der Waals surface area contributed by atoms with E-state index in [0.717, 1.165) is 22.2 Å². The van der Waals surface area contributed by atoms with Crippen molar-refractivity contribution in [3.8, 4) is 0 Å². The number of hydrogen-bond donors (Lipinski definition) is 1. The molecular formula is C24H26N2O. The van der Waals surface area contributed by atoms with Crippen molar-refractivity contribution in [3.63, 3.8) is 0 Å². The largest absolute Gasteiger partial charge is 0.320 e. The Balaban J connectivity index is 1.67. The van der Waals surface area contributed by atoms with Crippen LogP contribution in [0.15, 0.2) is 54.7 Å². The van der Waals surface area contributed by atoms with E-state index in [-0.39, 0.29) is 5.91 Å². The van der Waals surface area contributed by atoms with Crippen LogP contribution in [0.3, 0.4) is 0 Å². The van der Waals surface area contributed by atoms with Crippen molar-refractivity contribution in [1.82, 2.24) is 4.98 Å². The van der Waals surface area contributed by atoms with Gasteiger partial charge in [-0.15, -0.1) is 0 Å². The van der Waals surface area contributed by atoms with E-state index >= 15 is 0 Å². The minimum atomic E-state index is -0.0348. The third-order valence-electron chi connectivity index (χ3n) is 5.63. The molecule has 3 aromatic rings. The van der Waals surface area contributed by atoms with Crippen LogP contribution in [-0.2, 0) is 0 Å².